The van der Waals surface area contributed by atoms with Crippen LogP contribution in [-0.4, -0.2) is 54.8 Å². The lowest BCUT2D eigenvalue weighted by Crippen LogP contribution is -2.53. The topological polar surface area (TPSA) is 67.9 Å². The normalized spacial score (nSPS) is 16.4. The molecule has 132 valence electrons. The van der Waals surface area contributed by atoms with Crippen molar-refractivity contribution in [2.75, 3.05) is 26.3 Å². The van der Waals surface area contributed by atoms with Crippen LogP contribution in [0.4, 0.5) is 4.79 Å². The van der Waals surface area contributed by atoms with E-state index in [1.54, 1.807) is 25.7 Å². The Bertz CT molecular complexity index is 548. The van der Waals surface area contributed by atoms with Crippen LogP contribution in [-0.2, 0) is 20.7 Å². The molecule has 0 radical (unpaired) electrons. The van der Waals surface area contributed by atoms with E-state index in [1.807, 2.05) is 30.3 Å². The summed E-state index contributed by atoms with van der Waals surface area (Å²) in [6.45, 7) is 7.51. The fraction of sp³-hybridized carbons (Fsp3) is 0.556. The maximum atomic E-state index is 12.8. The summed E-state index contributed by atoms with van der Waals surface area (Å²) in [5.41, 5.74) is 0.379. The van der Waals surface area contributed by atoms with Gasteiger partial charge < -0.3 is 19.7 Å². The predicted molar refractivity (Wildman–Crippen MR) is 90.7 cm³/mol. The number of nitrogens with one attached hydrogen (secondary N) is 1. The lowest BCUT2D eigenvalue weighted by molar-refractivity contribution is -0.137. The molecule has 0 saturated carbocycles. The minimum Gasteiger partial charge on any atom is -0.444 e. The molecule has 1 aromatic carbocycles. The Kier molecular flexibility index (Phi) is 6.20. The standard InChI is InChI=1S/C18H26N2O4/c1-18(2,3)24-17(22)19-15(13-14-7-5-4-6-8-14)16(21)20-9-11-23-12-10-20/h4-8,15H,9-13H2,1-3H3,(H,19,22). The molecule has 1 aromatic rings. The smallest absolute Gasteiger partial charge is 0.408 e. The predicted octanol–water partition coefficient (Wildman–Crippen LogP) is 1.98. The molecule has 6 nitrogen and oxygen atoms in total. The van der Waals surface area contributed by atoms with Crippen molar-refractivity contribution >= 4 is 12.0 Å². The number of alkyl carbamates (subject to hydrolysis) is 1. The lowest BCUT2D eigenvalue weighted by atomic mass is 10.0. The van der Waals surface area contributed by atoms with Gasteiger partial charge in [0, 0.05) is 19.5 Å². The Morgan fingerprint density at radius 2 is 1.83 bits per heavy atom. The Morgan fingerprint density at radius 3 is 2.42 bits per heavy atom. The molecule has 1 saturated heterocycles. The zero-order valence-corrected chi connectivity index (χ0v) is 14.6. The molecule has 2 rings (SSSR count). The quantitative estimate of drug-likeness (QED) is 0.914. The molecule has 1 unspecified atom stereocenters. The van der Waals surface area contributed by atoms with E-state index in [4.69, 9.17) is 9.47 Å². The first kappa shape index (κ1) is 18.3. The fourth-order valence-electron chi connectivity index (χ4n) is 2.50. The van der Waals surface area contributed by atoms with Gasteiger partial charge in [0.1, 0.15) is 11.6 Å². The highest BCUT2D eigenvalue weighted by Gasteiger charge is 2.29. The lowest BCUT2D eigenvalue weighted by Gasteiger charge is -2.31. The number of amides is 2. The van der Waals surface area contributed by atoms with Gasteiger partial charge >= 0.3 is 6.09 Å². The number of ether oxygens (including phenoxy) is 2. The van der Waals surface area contributed by atoms with E-state index < -0.39 is 17.7 Å². The second-order valence-corrected chi connectivity index (χ2v) is 6.83. The third kappa shape index (κ3) is 5.85. The highest BCUT2D eigenvalue weighted by Crippen LogP contribution is 2.11. The molecule has 6 heteroatoms. The van der Waals surface area contributed by atoms with E-state index in [1.165, 1.54) is 0 Å². The molecule has 1 fully saturated rings. The Morgan fingerprint density at radius 1 is 1.21 bits per heavy atom. The van der Waals surface area contributed by atoms with Gasteiger partial charge in [-0.3, -0.25) is 4.79 Å². The number of morpholine rings is 1. The number of carbonyl (C=O) groups excluding carboxylic acids is 2. The van der Waals surface area contributed by atoms with Crippen molar-refractivity contribution < 1.29 is 19.1 Å². The first-order valence-corrected chi connectivity index (χ1v) is 8.25. The zero-order chi connectivity index (χ0) is 17.6. The van der Waals surface area contributed by atoms with Crippen LogP contribution in [0.25, 0.3) is 0 Å². The second-order valence-electron chi connectivity index (χ2n) is 6.83. The summed E-state index contributed by atoms with van der Waals surface area (Å²) >= 11 is 0. The first-order valence-electron chi connectivity index (χ1n) is 8.25. The van der Waals surface area contributed by atoms with Crippen molar-refractivity contribution in [1.82, 2.24) is 10.2 Å². The Labute approximate surface area is 143 Å². The van der Waals surface area contributed by atoms with E-state index in [-0.39, 0.29) is 5.91 Å². The molecule has 0 spiro atoms. The van der Waals surface area contributed by atoms with Crippen molar-refractivity contribution in [3.8, 4) is 0 Å². The van der Waals surface area contributed by atoms with Crippen molar-refractivity contribution in [2.45, 2.75) is 38.8 Å². The largest absolute Gasteiger partial charge is 0.444 e. The van der Waals surface area contributed by atoms with Crippen LogP contribution in [0.1, 0.15) is 26.3 Å². The van der Waals surface area contributed by atoms with Crippen LogP contribution >= 0.6 is 0 Å². The summed E-state index contributed by atoms with van der Waals surface area (Å²) in [5.74, 6) is -0.104. The summed E-state index contributed by atoms with van der Waals surface area (Å²) < 4.78 is 10.6. The van der Waals surface area contributed by atoms with Gasteiger partial charge in [-0.15, -0.1) is 0 Å². The molecular formula is C18H26N2O4. The van der Waals surface area contributed by atoms with Crippen LogP contribution in [0, 0.1) is 0 Å². The second kappa shape index (κ2) is 8.15. The van der Waals surface area contributed by atoms with Crippen LogP contribution in [0.5, 0.6) is 0 Å². The van der Waals surface area contributed by atoms with Gasteiger partial charge in [-0.25, -0.2) is 4.79 Å². The van der Waals surface area contributed by atoms with Gasteiger partial charge in [-0.05, 0) is 26.3 Å². The van der Waals surface area contributed by atoms with Gasteiger partial charge in [0.05, 0.1) is 13.2 Å². The molecule has 0 bridgehead atoms. The van der Waals surface area contributed by atoms with E-state index in [0.29, 0.717) is 32.7 Å². The fourth-order valence-corrected chi connectivity index (χ4v) is 2.50. The van der Waals surface area contributed by atoms with Crippen molar-refractivity contribution in [1.29, 1.82) is 0 Å². The minimum atomic E-state index is -0.652. The molecule has 2 amide bonds. The summed E-state index contributed by atoms with van der Waals surface area (Å²) in [7, 11) is 0. The summed E-state index contributed by atoms with van der Waals surface area (Å²) in [4.78, 5) is 26.7. The van der Waals surface area contributed by atoms with E-state index >= 15 is 0 Å². The molecule has 1 aliphatic rings. The number of hydrogen-bond donors (Lipinski definition) is 1. The van der Waals surface area contributed by atoms with Crippen molar-refractivity contribution in [3.63, 3.8) is 0 Å². The molecule has 0 aliphatic carbocycles. The van der Waals surface area contributed by atoms with E-state index in [9.17, 15) is 9.59 Å². The molecule has 1 heterocycles. The molecule has 0 aromatic heterocycles. The summed E-state index contributed by atoms with van der Waals surface area (Å²) in [6, 6.07) is 8.98. The van der Waals surface area contributed by atoms with Crippen molar-refractivity contribution in [3.05, 3.63) is 35.9 Å². The third-order valence-electron chi connectivity index (χ3n) is 3.59. The number of carbonyl (C=O) groups is 2. The SMILES string of the molecule is CC(C)(C)OC(=O)NC(Cc1ccccc1)C(=O)N1CCOCC1. The van der Waals surface area contributed by atoms with Gasteiger partial charge in [-0.1, -0.05) is 30.3 Å². The maximum absolute atomic E-state index is 12.8. The third-order valence-corrected chi connectivity index (χ3v) is 3.59. The monoisotopic (exact) mass is 334 g/mol. The van der Waals surface area contributed by atoms with Gasteiger partial charge in [0.2, 0.25) is 5.91 Å². The molecule has 1 atom stereocenters. The first-order chi connectivity index (χ1) is 11.3. The molecule has 1 aliphatic heterocycles. The van der Waals surface area contributed by atoms with Gasteiger partial charge in [0.15, 0.2) is 0 Å². The highest BCUT2D eigenvalue weighted by molar-refractivity contribution is 5.86. The highest BCUT2D eigenvalue weighted by atomic mass is 16.6. The number of nitrogens with zero attached hydrogens (tertiary/aromatic N) is 1. The van der Waals surface area contributed by atoms with E-state index in [0.717, 1.165) is 5.56 Å². The average molecular weight is 334 g/mol. The molecular weight excluding hydrogens is 308 g/mol. The van der Waals surface area contributed by atoms with Crippen molar-refractivity contribution in [2.24, 2.45) is 0 Å². The van der Waals surface area contributed by atoms with Gasteiger partial charge in [-0.2, -0.15) is 0 Å². The Balaban J connectivity index is 2.08. The van der Waals surface area contributed by atoms with Crippen LogP contribution in [0.15, 0.2) is 30.3 Å². The number of rotatable bonds is 4. The van der Waals surface area contributed by atoms with Crippen LogP contribution in [0.2, 0.25) is 0 Å². The zero-order valence-electron chi connectivity index (χ0n) is 14.6. The van der Waals surface area contributed by atoms with Crippen LogP contribution < -0.4 is 5.32 Å². The number of hydrogen-bond acceptors (Lipinski definition) is 4. The Hall–Kier alpha value is -2.08. The average Bonchev–Trinajstić information content (AvgIpc) is 2.53. The van der Waals surface area contributed by atoms with Gasteiger partial charge in [0.25, 0.3) is 0 Å². The molecule has 24 heavy (non-hydrogen) atoms. The molecule has 1 N–H and O–H groups in total. The summed E-state index contributed by atoms with van der Waals surface area (Å²) in [5, 5.41) is 2.73. The maximum Gasteiger partial charge on any atom is 0.408 e. The number of benzene rings is 1. The summed E-state index contributed by atoms with van der Waals surface area (Å²) in [6.07, 6.45) is -0.152. The van der Waals surface area contributed by atoms with Crippen LogP contribution in [0.3, 0.4) is 0 Å². The van der Waals surface area contributed by atoms with E-state index in [2.05, 4.69) is 5.32 Å². The minimum absolute atomic E-state index is 0.104.